The molecular weight excluding hydrogens is 494 g/mol. The minimum absolute atomic E-state index is 0.103. The van der Waals surface area contributed by atoms with Crippen LogP contribution in [0.15, 0.2) is 30.5 Å². The van der Waals surface area contributed by atoms with Crippen LogP contribution in [-0.2, 0) is 10.0 Å². The second-order valence-electron chi connectivity index (χ2n) is 9.63. The summed E-state index contributed by atoms with van der Waals surface area (Å²) < 4.78 is 40.2. The molecule has 0 bridgehead atoms. The second kappa shape index (κ2) is 11.6. The first-order chi connectivity index (χ1) is 17.7. The van der Waals surface area contributed by atoms with Crippen LogP contribution in [0.3, 0.4) is 0 Å². The maximum atomic E-state index is 12.9. The van der Waals surface area contributed by atoms with E-state index in [1.165, 1.54) is 4.31 Å². The zero-order valence-electron chi connectivity index (χ0n) is 22.1. The van der Waals surface area contributed by atoms with Crippen LogP contribution in [0.25, 0.3) is 5.65 Å². The van der Waals surface area contributed by atoms with E-state index >= 15 is 0 Å². The highest BCUT2D eigenvalue weighted by atomic mass is 32.2. The average molecular weight is 532 g/mol. The molecule has 3 aromatic rings. The Hall–Kier alpha value is -2.96. The van der Waals surface area contributed by atoms with Gasteiger partial charge in [-0.2, -0.15) is 19.6 Å². The number of hydrogen-bond donors (Lipinski definition) is 2. The summed E-state index contributed by atoms with van der Waals surface area (Å²) in [5.41, 5.74) is 2.64. The minimum atomic E-state index is -3.38. The van der Waals surface area contributed by atoms with E-state index in [2.05, 4.69) is 39.5 Å². The van der Waals surface area contributed by atoms with Crippen molar-refractivity contribution in [3.63, 3.8) is 0 Å². The molecule has 0 radical (unpaired) electrons. The van der Waals surface area contributed by atoms with Crippen LogP contribution in [0.2, 0.25) is 0 Å². The van der Waals surface area contributed by atoms with E-state index in [1.807, 2.05) is 31.2 Å². The summed E-state index contributed by atoms with van der Waals surface area (Å²) in [6.07, 6.45) is 3.03. The SMILES string of the molecule is COc1cccc(C(C)Nc2nc(OCCN(C)S(=O)(=O)C3CCNCC3)nc3c(C(C)C)cnn23)c1. The van der Waals surface area contributed by atoms with Crippen LogP contribution in [0, 0.1) is 0 Å². The van der Waals surface area contributed by atoms with Gasteiger partial charge >= 0.3 is 6.01 Å². The minimum Gasteiger partial charge on any atom is -0.497 e. The molecule has 2 aromatic heterocycles. The number of methoxy groups -OCH3 is 1. The van der Waals surface area contributed by atoms with Crippen molar-refractivity contribution in [2.24, 2.45) is 0 Å². The smallest absolute Gasteiger partial charge is 0.321 e. The maximum Gasteiger partial charge on any atom is 0.321 e. The number of fused-ring (bicyclic) bond motifs is 1. The molecule has 0 spiro atoms. The van der Waals surface area contributed by atoms with Crippen LogP contribution in [0.4, 0.5) is 5.95 Å². The van der Waals surface area contributed by atoms with Crippen molar-refractivity contribution in [2.45, 2.75) is 50.8 Å². The fraction of sp³-hybridized carbons (Fsp3) is 0.560. The molecule has 1 saturated heterocycles. The van der Waals surface area contributed by atoms with Gasteiger partial charge in [-0.25, -0.2) is 12.7 Å². The number of anilines is 1. The second-order valence-corrected chi connectivity index (χ2v) is 11.9. The van der Waals surface area contributed by atoms with Gasteiger partial charge in [-0.05, 0) is 56.5 Å². The standard InChI is InChI=1S/C25H37N7O4S/c1-17(2)22-16-27-32-23(22)29-25(30-24(32)28-18(3)19-7-6-8-20(15-19)35-5)36-14-13-31(4)37(33,34)21-9-11-26-12-10-21/h6-8,15-18,21,26H,9-14H2,1-5H3,(H,28,29,30). The number of nitrogens with zero attached hydrogens (tertiary/aromatic N) is 5. The number of piperidine rings is 1. The number of rotatable bonds is 11. The summed E-state index contributed by atoms with van der Waals surface area (Å²) in [5.74, 6) is 1.45. The molecule has 0 aliphatic carbocycles. The lowest BCUT2D eigenvalue weighted by Crippen LogP contribution is -2.43. The highest BCUT2D eigenvalue weighted by molar-refractivity contribution is 7.89. The van der Waals surface area contributed by atoms with E-state index in [4.69, 9.17) is 9.47 Å². The number of benzene rings is 1. The summed E-state index contributed by atoms with van der Waals surface area (Å²) in [4.78, 5) is 9.18. The van der Waals surface area contributed by atoms with Crippen LogP contribution in [-0.4, -0.2) is 78.0 Å². The van der Waals surface area contributed by atoms with E-state index in [0.717, 1.165) is 30.0 Å². The molecule has 3 heterocycles. The van der Waals surface area contributed by atoms with Crippen molar-refractivity contribution in [3.05, 3.63) is 41.6 Å². The van der Waals surface area contributed by atoms with Crippen molar-refractivity contribution in [3.8, 4) is 11.8 Å². The number of hydrogen-bond acceptors (Lipinski definition) is 9. The monoisotopic (exact) mass is 531 g/mol. The largest absolute Gasteiger partial charge is 0.497 e. The fourth-order valence-corrected chi connectivity index (χ4v) is 6.04. The lowest BCUT2D eigenvalue weighted by Gasteiger charge is -2.27. The summed E-state index contributed by atoms with van der Waals surface area (Å²) >= 11 is 0. The van der Waals surface area contributed by atoms with E-state index in [9.17, 15) is 8.42 Å². The van der Waals surface area contributed by atoms with Gasteiger partial charge in [0.05, 0.1) is 24.6 Å². The Bertz CT molecular complexity index is 1310. The molecule has 12 heteroatoms. The summed E-state index contributed by atoms with van der Waals surface area (Å²) in [5, 5.41) is 10.8. The lowest BCUT2D eigenvalue weighted by atomic mass is 10.1. The number of likely N-dealkylation sites (N-methyl/N-ethyl adjacent to an activating group) is 1. The molecular formula is C25H37N7O4S. The van der Waals surface area contributed by atoms with E-state index in [-0.39, 0.29) is 36.4 Å². The van der Waals surface area contributed by atoms with E-state index < -0.39 is 10.0 Å². The zero-order valence-corrected chi connectivity index (χ0v) is 23.0. The van der Waals surface area contributed by atoms with E-state index in [1.54, 1.807) is 24.9 Å². The molecule has 1 aliphatic heterocycles. The highest BCUT2D eigenvalue weighted by Gasteiger charge is 2.30. The first kappa shape index (κ1) is 27.1. The van der Waals surface area contributed by atoms with E-state index in [0.29, 0.717) is 24.4 Å². The number of sulfonamides is 1. The van der Waals surface area contributed by atoms with Gasteiger partial charge in [0.2, 0.25) is 16.0 Å². The van der Waals surface area contributed by atoms with Gasteiger partial charge in [0.1, 0.15) is 12.4 Å². The Morgan fingerprint density at radius 2 is 1.97 bits per heavy atom. The Morgan fingerprint density at radius 1 is 1.22 bits per heavy atom. The van der Waals surface area contributed by atoms with Gasteiger partial charge in [0, 0.05) is 19.2 Å². The summed E-state index contributed by atoms with van der Waals surface area (Å²) in [7, 11) is -0.146. The van der Waals surface area contributed by atoms with Gasteiger partial charge in [0.15, 0.2) is 5.65 Å². The third-order valence-corrected chi connectivity index (χ3v) is 9.08. The Balaban J connectivity index is 1.52. The van der Waals surface area contributed by atoms with Crippen molar-refractivity contribution in [1.29, 1.82) is 0 Å². The molecule has 1 fully saturated rings. The first-order valence-corrected chi connectivity index (χ1v) is 14.2. The normalized spacial score (nSPS) is 15.9. The molecule has 37 heavy (non-hydrogen) atoms. The Kier molecular flexibility index (Phi) is 8.50. The molecule has 1 unspecified atom stereocenters. The van der Waals surface area contributed by atoms with Crippen LogP contribution in [0.5, 0.6) is 11.8 Å². The summed E-state index contributed by atoms with van der Waals surface area (Å²) in [6.45, 7) is 7.95. The van der Waals surface area contributed by atoms with Crippen molar-refractivity contribution in [2.75, 3.05) is 45.7 Å². The molecule has 1 atom stereocenters. The van der Waals surface area contributed by atoms with Crippen molar-refractivity contribution >= 4 is 21.6 Å². The van der Waals surface area contributed by atoms with Gasteiger partial charge in [-0.3, -0.25) is 0 Å². The van der Waals surface area contributed by atoms with Crippen LogP contribution in [0.1, 0.15) is 56.7 Å². The van der Waals surface area contributed by atoms with Gasteiger partial charge in [-0.15, -0.1) is 0 Å². The predicted molar refractivity (Wildman–Crippen MR) is 143 cm³/mol. The molecule has 2 N–H and O–H groups in total. The fourth-order valence-electron chi connectivity index (χ4n) is 4.37. The van der Waals surface area contributed by atoms with Gasteiger partial charge in [-0.1, -0.05) is 26.0 Å². The van der Waals surface area contributed by atoms with Crippen LogP contribution < -0.4 is 20.1 Å². The topological polar surface area (TPSA) is 123 Å². The molecule has 0 saturated carbocycles. The van der Waals surface area contributed by atoms with Crippen molar-refractivity contribution < 1.29 is 17.9 Å². The van der Waals surface area contributed by atoms with Crippen molar-refractivity contribution in [1.82, 2.24) is 29.2 Å². The maximum absolute atomic E-state index is 12.9. The lowest BCUT2D eigenvalue weighted by molar-refractivity contribution is 0.266. The third-order valence-electron chi connectivity index (χ3n) is 6.72. The highest BCUT2D eigenvalue weighted by Crippen LogP contribution is 2.26. The molecule has 11 nitrogen and oxygen atoms in total. The molecule has 1 aromatic carbocycles. The number of ether oxygens (including phenoxy) is 2. The molecule has 202 valence electrons. The molecule has 4 rings (SSSR count). The van der Waals surface area contributed by atoms with Crippen LogP contribution >= 0.6 is 0 Å². The zero-order chi connectivity index (χ0) is 26.6. The van der Waals surface area contributed by atoms with Gasteiger partial charge < -0.3 is 20.1 Å². The number of aromatic nitrogens is 4. The quantitative estimate of drug-likeness (QED) is 0.384. The third kappa shape index (κ3) is 6.13. The predicted octanol–water partition coefficient (Wildman–Crippen LogP) is 2.82. The Labute approximate surface area is 218 Å². The molecule has 0 amide bonds. The average Bonchev–Trinajstić information content (AvgIpc) is 3.34. The molecule has 1 aliphatic rings. The van der Waals surface area contributed by atoms with Gasteiger partial charge in [0.25, 0.3) is 0 Å². The number of nitrogens with one attached hydrogen (secondary N) is 2. The Morgan fingerprint density at radius 3 is 2.68 bits per heavy atom. The summed E-state index contributed by atoms with van der Waals surface area (Å²) in [6, 6.07) is 7.88. The first-order valence-electron chi connectivity index (χ1n) is 12.7.